The molecule has 3 aliphatic heterocycles. The van der Waals surface area contributed by atoms with E-state index in [2.05, 4.69) is 11.1 Å². The third-order valence-corrected chi connectivity index (χ3v) is 8.53. The number of nitriles is 1. The van der Waals surface area contributed by atoms with E-state index in [0.717, 1.165) is 55.8 Å². The maximum absolute atomic E-state index is 13.3. The van der Waals surface area contributed by atoms with Gasteiger partial charge >= 0.3 is 0 Å². The number of amides is 1. The molecule has 0 radical (unpaired) electrons. The predicted molar refractivity (Wildman–Crippen MR) is 154 cm³/mol. The molecule has 4 aromatic rings. The third-order valence-electron chi connectivity index (χ3n) is 8.53. The molecule has 0 bridgehead atoms. The number of ether oxygens (including phenoxy) is 4. The van der Waals surface area contributed by atoms with Crippen LogP contribution in [-0.2, 0) is 9.47 Å². The van der Waals surface area contributed by atoms with E-state index >= 15 is 0 Å². The summed E-state index contributed by atoms with van der Waals surface area (Å²) in [5.74, 6) is 2.54. The molecule has 2 atom stereocenters. The van der Waals surface area contributed by atoms with E-state index in [9.17, 15) is 10.1 Å². The number of hydrogen-bond donors (Lipinski definition) is 0. The lowest BCUT2D eigenvalue weighted by Gasteiger charge is -2.23. The fraction of sp³-hybridized carbons (Fsp3) is 0.364. The number of pyridine rings is 1. The van der Waals surface area contributed by atoms with Gasteiger partial charge in [0.15, 0.2) is 5.58 Å². The van der Waals surface area contributed by atoms with Crippen LogP contribution >= 0.6 is 0 Å². The molecular formula is C33H31N3O6. The number of fused-ring (bicyclic) bond motifs is 2. The largest absolute Gasteiger partial charge is 0.496 e. The van der Waals surface area contributed by atoms with Gasteiger partial charge in [-0.15, -0.1) is 0 Å². The molecule has 2 aromatic heterocycles. The van der Waals surface area contributed by atoms with E-state index in [-0.39, 0.29) is 12.0 Å². The second-order valence-corrected chi connectivity index (χ2v) is 11.1. The van der Waals surface area contributed by atoms with Crippen LogP contribution in [0.5, 0.6) is 11.5 Å². The van der Waals surface area contributed by atoms with Gasteiger partial charge in [0, 0.05) is 61.2 Å². The Morgan fingerprint density at radius 2 is 1.79 bits per heavy atom. The maximum atomic E-state index is 13.3. The van der Waals surface area contributed by atoms with E-state index in [1.807, 2.05) is 47.4 Å². The van der Waals surface area contributed by atoms with E-state index < -0.39 is 0 Å². The van der Waals surface area contributed by atoms with Gasteiger partial charge in [-0.3, -0.25) is 9.78 Å². The molecule has 3 aliphatic rings. The van der Waals surface area contributed by atoms with Crippen molar-refractivity contribution >= 4 is 17.0 Å². The molecule has 0 spiro atoms. The molecule has 1 amide bonds. The molecule has 3 saturated heterocycles. The van der Waals surface area contributed by atoms with E-state index in [4.69, 9.17) is 23.4 Å². The quantitative estimate of drug-likeness (QED) is 0.309. The number of benzene rings is 2. The second kappa shape index (κ2) is 11.1. The summed E-state index contributed by atoms with van der Waals surface area (Å²) < 4.78 is 29.2. The summed E-state index contributed by atoms with van der Waals surface area (Å²) >= 11 is 0. The van der Waals surface area contributed by atoms with Gasteiger partial charge in [0.25, 0.3) is 5.91 Å². The first-order valence-electron chi connectivity index (χ1n) is 14.3. The first-order chi connectivity index (χ1) is 20.6. The second-order valence-electron chi connectivity index (χ2n) is 11.1. The Kier molecular flexibility index (Phi) is 7.02. The summed E-state index contributed by atoms with van der Waals surface area (Å²) in [4.78, 5) is 19.7. The van der Waals surface area contributed by atoms with Crippen molar-refractivity contribution in [2.24, 2.45) is 11.8 Å². The molecule has 7 rings (SSSR count). The van der Waals surface area contributed by atoms with E-state index in [0.29, 0.717) is 64.5 Å². The summed E-state index contributed by atoms with van der Waals surface area (Å²) in [7, 11) is 1.59. The molecule has 2 aromatic carbocycles. The van der Waals surface area contributed by atoms with Crippen LogP contribution in [0, 0.1) is 23.2 Å². The van der Waals surface area contributed by atoms with Crippen LogP contribution in [0.2, 0.25) is 0 Å². The van der Waals surface area contributed by atoms with Crippen LogP contribution in [0.3, 0.4) is 0 Å². The molecule has 0 N–H and O–H groups in total. The van der Waals surface area contributed by atoms with Crippen molar-refractivity contribution in [3.63, 3.8) is 0 Å². The molecule has 214 valence electrons. The highest BCUT2D eigenvalue weighted by molar-refractivity contribution is 5.97. The van der Waals surface area contributed by atoms with Gasteiger partial charge in [-0.1, -0.05) is 6.07 Å². The van der Waals surface area contributed by atoms with Crippen LogP contribution in [-0.4, -0.2) is 68.5 Å². The van der Waals surface area contributed by atoms with Crippen molar-refractivity contribution < 1.29 is 28.2 Å². The zero-order valence-corrected chi connectivity index (χ0v) is 23.4. The summed E-state index contributed by atoms with van der Waals surface area (Å²) in [6, 6.07) is 17.1. The Balaban J connectivity index is 1.17. The Labute approximate surface area is 243 Å². The number of aromatic nitrogens is 1. The average Bonchev–Trinajstić information content (AvgIpc) is 3.76. The van der Waals surface area contributed by atoms with Gasteiger partial charge in [-0.25, -0.2) is 0 Å². The monoisotopic (exact) mass is 565 g/mol. The van der Waals surface area contributed by atoms with Crippen LogP contribution < -0.4 is 9.47 Å². The highest BCUT2D eigenvalue weighted by Gasteiger charge is 2.39. The zero-order chi connectivity index (χ0) is 28.6. The van der Waals surface area contributed by atoms with E-state index in [1.54, 1.807) is 19.4 Å². The Hall–Kier alpha value is -4.39. The Bertz CT molecular complexity index is 1670. The number of rotatable bonds is 6. The number of carbonyl (C=O) groups excluding carboxylic acids is 1. The van der Waals surface area contributed by atoms with Gasteiger partial charge in [0.05, 0.1) is 44.7 Å². The van der Waals surface area contributed by atoms with Crippen LogP contribution in [0.4, 0.5) is 0 Å². The van der Waals surface area contributed by atoms with Crippen molar-refractivity contribution in [1.29, 1.82) is 5.26 Å². The maximum Gasteiger partial charge on any atom is 0.254 e. The van der Waals surface area contributed by atoms with Gasteiger partial charge in [0.1, 0.15) is 34.9 Å². The summed E-state index contributed by atoms with van der Waals surface area (Å²) in [5, 5.41) is 9.88. The minimum Gasteiger partial charge on any atom is -0.496 e. The number of carbonyl (C=O) groups is 1. The van der Waals surface area contributed by atoms with Gasteiger partial charge < -0.3 is 28.3 Å². The molecule has 3 fully saturated rings. The lowest BCUT2D eigenvalue weighted by molar-refractivity contribution is 0.0254. The number of furan rings is 1. The lowest BCUT2D eigenvalue weighted by atomic mass is 10.0. The Morgan fingerprint density at radius 3 is 2.55 bits per heavy atom. The number of likely N-dealkylation sites (tertiary alicyclic amines) is 1. The topological polar surface area (TPSA) is 107 Å². The molecule has 9 heteroatoms. The molecule has 2 unspecified atom stereocenters. The minimum absolute atomic E-state index is 0.000326. The van der Waals surface area contributed by atoms with Crippen molar-refractivity contribution in [1.82, 2.24) is 9.88 Å². The summed E-state index contributed by atoms with van der Waals surface area (Å²) in [6.07, 6.45) is 3.38. The van der Waals surface area contributed by atoms with Gasteiger partial charge in [0.2, 0.25) is 0 Å². The number of methoxy groups -OCH3 is 1. The molecule has 0 aliphatic carbocycles. The SMILES string of the molecule is COc1cc(C(=O)N2CC3COCC3C2)ccc1-c1cc2nccc(-c3ccc(OC4CCOCC4)c(C#N)c3)c2o1. The third kappa shape index (κ3) is 4.87. The highest BCUT2D eigenvalue weighted by Crippen LogP contribution is 2.39. The van der Waals surface area contributed by atoms with Crippen LogP contribution in [0.25, 0.3) is 33.6 Å². The average molecular weight is 566 g/mol. The number of nitrogens with zero attached hydrogens (tertiary/aromatic N) is 3. The fourth-order valence-corrected chi connectivity index (χ4v) is 6.22. The number of hydrogen-bond acceptors (Lipinski definition) is 8. The van der Waals surface area contributed by atoms with Crippen molar-refractivity contribution in [3.8, 4) is 40.0 Å². The smallest absolute Gasteiger partial charge is 0.254 e. The summed E-state index contributed by atoms with van der Waals surface area (Å²) in [6.45, 7) is 4.23. The molecule has 42 heavy (non-hydrogen) atoms. The molecule has 9 nitrogen and oxygen atoms in total. The fourth-order valence-electron chi connectivity index (χ4n) is 6.22. The van der Waals surface area contributed by atoms with Crippen molar-refractivity contribution in [2.75, 3.05) is 46.6 Å². The first-order valence-corrected chi connectivity index (χ1v) is 14.3. The van der Waals surface area contributed by atoms with Gasteiger partial charge in [-0.05, 0) is 42.0 Å². The standard InChI is InChI=1S/C33H31N3O6/c1-38-30-13-21(33(37)36-16-23-18-40-19-24(23)17-36)2-4-27(30)31-14-28-32(42-31)26(6-9-35-28)20-3-5-29(22(12-20)15-34)41-25-7-10-39-11-8-25/h2-6,9,12-14,23-25H,7-8,10-11,16-19H2,1H3. The van der Waals surface area contributed by atoms with E-state index in [1.165, 1.54) is 0 Å². The molecular weight excluding hydrogens is 534 g/mol. The molecule has 5 heterocycles. The zero-order valence-electron chi connectivity index (χ0n) is 23.4. The normalized spacial score (nSPS) is 20.4. The molecule has 0 saturated carbocycles. The highest BCUT2D eigenvalue weighted by atomic mass is 16.5. The van der Waals surface area contributed by atoms with Crippen LogP contribution in [0.1, 0.15) is 28.8 Å². The van der Waals surface area contributed by atoms with Crippen LogP contribution in [0.15, 0.2) is 59.1 Å². The van der Waals surface area contributed by atoms with Gasteiger partial charge in [-0.2, -0.15) is 5.26 Å². The van der Waals surface area contributed by atoms with Crippen molar-refractivity contribution in [3.05, 3.63) is 65.9 Å². The predicted octanol–water partition coefficient (Wildman–Crippen LogP) is 5.32. The van der Waals surface area contributed by atoms with Crippen molar-refractivity contribution in [2.45, 2.75) is 18.9 Å². The minimum atomic E-state index is 0.000326. The summed E-state index contributed by atoms with van der Waals surface area (Å²) in [5.41, 5.74) is 4.69. The Morgan fingerprint density at radius 1 is 0.976 bits per heavy atom. The first kappa shape index (κ1) is 26.5. The lowest BCUT2D eigenvalue weighted by Crippen LogP contribution is -2.30.